The molecule has 0 aliphatic carbocycles. The average Bonchev–Trinajstić information content (AvgIpc) is 2.53. The summed E-state index contributed by atoms with van der Waals surface area (Å²) in [6, 6.07) is 7.23. The van der Waals surface area contributed by atoms with E-state index in [9.17, 15) is 9.59 Å². The van der Waals surface area contributed by atoms with Gasteiger partial charge in [-0.25, -0.2) is 0 Å². The van der Waals surface area contributed by atoms with Crippen LogP contribution in [0.25, 0.3) is 0 Å². The van der Waals surface area contributed by atoms with E-state index in [0.29, 0.717) is 30.9 Å². The van der Waals surface area contributed by atoms with Crippen molar-refractivity contribution in [2.24, 2.45) is 5.92 Å². The number of carboxylic acids is 1. The lowest BCUT2D eigenvalue weighted by atomic mass is 9.97. The number of rotatable bonds is 2. The van der Waals surface area contributed by atoms with Crippen molar-refractivity contribution < 1.29 is 24.2 Å². The number of piperidine rings is 1. The van der Waals surface area contributed by atoms with Crippen LogP contribution in [0.3, 0.4) is 0 Å². The lowest BCUT2D eigenvalue weighted by Crippen LogP contribution is -2.53. The van der Waals surface area contributed by atoms with Crippen LogP contribution in [-0.2, 0) is 9.59 Å². The largest absolute Gasteiger partial charge is 0.482 e. The Morgan fingerprint density at radius 1 is 1.23 bits per heavy atom. The van der Waals surface area contributed by atoms with Gasteiger partial charge in [0.05, 0.1) is 5.92 Å². The first-order valence-corrected chi connectivity index (χ1v) is 7.50. The average molecular weight is 305 g/mol. The molecule has 1 aromatic rings. The van der Waals surface area contributed by atoms with Crippen LogP contribution in [0.2, 0.25) is 0 Å². The van der Waals surface area contributed by atoms with Gasteiger partial charge in [0.15, 0.2) is 11.5 Å². The van der Waals surface area contributed by atoms with Gasteiger partial charge in [0.25, 0.3) is 5.91 Å². The van der Waals surface area contributed by atoms with Gasteiger partial charge in [-0.1, -0.05) is 12.1 Å². The Morgan fingerprint density at radius 3 is 2.59 bits per heavy atom. The molecular formula is C16H19NO5. The van der Waals surface area contributed by atoms with E-state index in [1.165, 1.54) is 0 Å². The molecule has 1 fully saturated rings. The van der Waals surface area contributed by atoms with E-state index < -0.39 is 24.1 Å². The Hall–Kier alpha value is -2.24. The first kappa shape index (κ1) is 14.7. The van der Waals surface area contributed by atoms with Gasteiger partial charge >= 0.3 is 5.97 Å². The van der Waals surface area contributed by atoms with E-state index in [-0.39, 0.29) is 12.5 Å². The highest BCUT2D eigenvalue weighted by molar-refractivity contribution is 5.83. The summed E-state index contributed by atoms with van der Waals surface area (Å²) in [4.78, 5) is 25.4. The van der Waals surface area contributed by atoms with Crippen LogP contribution < -0.4 is 9.47 Å². The maximum absolute atomic E-state index is 12.7. The minimum atomic E-state index is -0.850. The zero-order valence-corrected chi connectivity index (χ0v) is 12.4. The van der Waals surface area contributed by atoms with Crippen LogP contribution in [0, 0.1) is 5.92 Å². The molecule has 0 aromatic heterocycles. The highest BCUT2D eigenvalue weighted by atomic mass is 16.6. The first-order chi connectivity index (χ1) is 10.6. The second kappa shape index (κ2) is 5.87. The van der Waals surface area contributed by atoms with Crippen molar-refractivity contribution in [1.82, 2.24) is 4.90 Å². The van der Waals surface area contributed by atoms with E-state index in [1.54, 1.807) is 24.0 Å². The lowest BCUT2D eigenvalue weighted by molar-refractivity contribution is -0.150. The molecule has 1 N–H and O–H groups in total. The molecule has 1 saturated heterocycles. The lowest BCUT2D eigenvalue weighted by Gasteiger charge is -2.37. The molecule has 0 saturated carbocycles. The number of likely N-dealkylation sites (tertiary alicyclic amines) is 1. The zero-order chi connectivity index (χ0) is 15.7. The van der Waals surface area contributed by atoms with E-state index in [0.717, 1.165) is 0 Å². The Balaban J connectivity index is 1.73. The SMILES string of the molecule is CC1Oc2ccccc2OC1C(=O)N1CCCC(C(=O)O)C1. The van der Waals surface area contributed by atoms with Crippen molar-refractivity contribution in [2.45, 2.75) is 32.0 Å². The van der Waals surface area contributed by atoms with Gasteiger partial charge < -0.3 is 19.5 Å². The van der Waals surface area contributed by atoms with Crippen LogP contribution in [0.4, 0.5) is 0 Å². The molecule has 0 radical (unpaired) electrons. The molecular weight excluding hydrogens is 286 g/mol. The molecule has 3 rings (SSSR count). The Labute approximate surface area is 128 Å². The van der Waals surface area contributed by atoms with Crippen LogP contribution >= 0.6 is 0 Å². The predicted molar refractivity (Wildman–Crippen MR) is 77.9 cm³/mol. The topological polar surface area (TPSA) is 76.1 Å². The predicted octanol–water partition coefficient (Wildman–Crippen LogP) is 1.54. The highest BCUT2D eigenvalue weighted by Gasteiger charge is 2.39. The molecule has 1 amide bonds. The third-order valence-electron chi connectivity index (χ3n) is 4.17. The second-order valence-corrected chi connectivity index (χ2v) is 5.77. The smallest absolute Gasteiger partial charge is 0.308 e. The summed E-state index contributed by atoms with van der Waals surface area (Å²) >= 11 is 0. The summed E-state index contributed by atoms with van der Waals surface area (Å²) in [6.45, 7) is 2.59. The molecule has 3 atom stereocenters. The van der Waals surface area contributed by atoms with Crippen LogP contribution in [-0.4, -0.2) is 47.2 Å². The summed E-state index contributed by atoms with van der Waals surface area (Å²) in [5.41, 5.74) is 0. The highest BCUT2D eigenvalue weighted by Crippen LogP contribution is 2.34. The molecule has 0 spiro atoms. The standard InChI is InChI=1S/C16H19NO5/c1-10-14(22-13-7-3-2-6-12(13)21-10)15(18)17-8-4-5-11(9-17)16(19)20/h2-3,6-7,10-11,14H,4-5,8-9H2,1H3,(H,19,20). The number of ether oxygens (including phenoxy) is 2. The molecule has 1 aromatic carbocycles. The van der Waals surface area contributed by atoms with E-state index in [4.69, 9.17) is 14.6 Å². The second-order valence-electron chi connectivity index (χ2n) is 5.77. The molecule has 2 heterocycles. The van der Waals surface area contributed by atoms with Gasteiger partial charge in [0.2, 0.25) is 6.10 Å². The molecule has 2 aliphatic heterocycles. The maximum atomic E-state index is 12.7. The number of benzene rings is 1. The number of hydrogen-bond donors (Lipinski definition) is 1. The monoisotopic (exact) mass is 305 g/mol. The summed E-state index contributed by atoms with van der Waals surface area (Å²) in [5.74, 6) is -0.374. The number of amides is 1. The quantitative estimate of drug-likeness (QED) is 0.897. The van der Waals surface area contributed by atoms with Gasteiger partial charge in [0, 0.05) is 13.1 Å². The number of fused-ring (bicyclic) bond motifs is 1. The maximum Gasteiger partial charge on any atom is 0.308 e. The number of hydrogen-bond acceptors (Lipinski definition) is 4. The van der Waals surface area contributed by atoms with Crippen molar-refractivity contribution >= 4 is 11.9 Å². The van der Waals surface area contributed by atoms with Gasteiger partial charge in [-0.2, -0.15) is 0 Å². The number of carboxylic acid groups (broad SMARTS) is 1. The van der Waals surface area contributed by atoms with Crippen molar-refractivity contribution in [3.05, 3.63) is 24.3 Å². The van der Waals surface area contributed by atoms with E-state index in [2.05, 4.69) is 0 Å². The molecule has 6 heteroatoms. The number of para-hydroxylation sites is 2. The summed E-state index contributed by atoms with van der Waals surface area (Å²) in [5, 5.41) is 9.14. The van der Waals surface area contributed by atoms with Crippen molar-refractivity contribution in [3.63, 3.8) is 0 Å². The summed E-state index contributed by atoms with van der Waals surface area (Å²) in [6.07, 6.45) is 0.163. The zero-order valence-electron chi connectivity index (χ0n) is 12.4. The number of carbonyl (C=O) groups is 2. The van der Waals surface area contributed by atoms with Crippen LogP contribution in [0.1, 0.15) is 19.8 Å². The van der Waals surface area contributed by atoms with Crippen molar-refractivity contribution in [2.75, 3.05) is 13.1 Å². The third-order valence-corrected chi connectivity index (χ3v) is 4.17. The molecule has 118 valence electrons. The van der Waals surface area contributed by atoms with Gasteiger partial charge in [-0.05, 0) is 31.9 Å². The van der Waals surface area contributed by atoms with Gasteiger partial charge in [0.1, 0.15) is 6.10 Å². The molecule has 6 nitrogen and oxygen atoms in total. The normalized spacial score (nSPS) is 27.3. The fourth-order valence-electron chi connectivity index (χ4n) is 2.95. The number of nitrogens with zero attached hydrogens (tertiary/aromatic N) is 1. The van der Waals surface area contributed by atoms with Gasteiger partial charge in [-0.15, -0.1) is 0 Å². The Kier molecular flexibility index (Phi) is 3.92. The summed E-state index contributed by atoms with van der Waals surface area (Å²) in [7, 11) is 0. The van der Waals surface area contributed by atoms with Crippen LogP contribution in [0.15, 0.2) is 24.3 Å². The van der Waals surface area contributed by atoms with E-state index in [1.807, 2.05) is 12.1 Å². The number of aliphatic carboxylic acids is 1. The van der Waals surface area contributed by atoms with Crippen molar-refractivity contribution in [1.29, 1.82) is 0 Å². The first-order valence-electron chi connectivity index (χ1n) is 7.50. The summed E-state index contributed by atoms with van der Waals surface area (Å²) < 4.78 is 11.5. The molecule has 3 unspecified atom stereocenters. The van der Waals surface area contributed by atoms with Crippen LogP contribution in [0.5, 0.6) is 11.5 Å². The van der Waals surface area contributed by atoms with E-state index >= 15 is 0 Å². The third kappa shape index (κ3) is 2.73. The molecule has 0 bridgehead atoms. The molecule has 2 aliphatic rings. The van der Waals surface area contributed by atoms with Gasteiger partial charge in [-0.3, -0.25) is 9.59 Å². The van der Waals surface area contributed by atoms with Crippen molar-refractivity contribution in [3.8, 4) is 11.5 Å². The fourth-order valence-corrected chi connectivity index (χ4v) is 2.95. The molecule has 22 heavy (non-hydrogen) atoms. The Bertz CT molecular complexity index is 588. The minimum Gasteiger partial charge on any atom is -0.482 e. The Morgan fingerprint density at radius 2 is 1.91 bits per heavy atom. The number of carbonyl (C=O) groups excluding carboxylic acids is 1. The fraction of sp³-hybridized carbons (Fsp3) is 0.500. The minimum absolute atomic E-state index is 0.201.